The van der Waals surface area contributed by atoms with Gasteiger partial charge in [0.2, 0.25) is 0 Å². The van der Waals surface area contributed by atoms with E-state index in [-0.39, 0.29) is 11.9 Å². The lowest BCUT2D eigenvalue weighted by atomic mass is 10.0. The highest BCUT2D eigenvalue weighted by atomic mass is 16.5. The number of carbonyl (C=O) groups is 1. The van der Waals surface area contributed by atoms with Crippen molar-refractivity contribution in [2.24, 2.45) is 0 Å². The van der Waals surface area contributed by atoms with E-state index in [4.69, 9.17) is 4.74 Å². The van der Waals surface area contributed by atoms with Crippen LogP contribution in [0.5, 0.6) is 5.75 Å². The van der Waals surface area contributed by atoms with Crippen molar-refractivity contribution >= 4 is 5.91 Å². The third-order valence-electron chi connectivity index (χ3n) is 5.24. The normalized spacial score (nSPS) is 15.5. The number of carbonyl (C=O) groups excluding carboxylic acids is 1. The van der Waals surface area contributed by atoms with Crippen LogP contribution in [0.2, 0.25) is 0 Å². The van der Waals surface area contributed by atoms with Gasteiger partial charge in [0.05, 0.1) is 18.2 Å². The highest BCUT2D eigenvalue weighted by molar-refractivity contribution is 5.96. The molecule has 27 heavy (non-hydrogen) atoms. The lowest BCUT2D eigenvalue weighted by molar-refractivity contribution is 0.0934. The zero-order valence-corrected chi connectivity index (χ0v) is 16.4. The number of hydrogen-bond donors (Lipinski definition) is 1. The lowest BCUT2D eigenvalue weighted by Gasteiger charge is -2.28. The van der Waals surface area contributed by atoms with Crippen LogP contribution >= 0.6 is 0 Å². The van der Waals surface area contributed by atoms with Crippen LogP contribution < -0.4 is 10.1 Å². The molecule has 0 saturated carbocycles. The largest absolute Gasteiger partial charge is 0.493 e. The molecule has 144 valence electrons. The summed E-state index contributed by atoms with van der Waals surface area (Å²) in [5.74, 6) is 0.566. The molecule has 3 rings (SSSR count). The summed E-state index contributed by atoms with van der Waals surface area (Å²) in [6, 6.07) is 16.5. The van der Waals surface area contributed by atoms with Crippen LogP contribution in [0.15, 0.2) is 48.5 Å². The Balaban J connectivity index is 1.73. The van der Waals surface area contributed by atoms with Crippen LogP contribution in [0.1, 0.15) is 54.2 Å². The Morgan fingerprint density at radius 1 is 1.07 bits per heavy atom. The molecule has 0 unspecified atom stereocenters. The molecule has 1 fully saturated rings. The zero-order valence-electron chi connectivity index (χ0n) is 16.4. The molecule has 4 nitrogen and oxygen atoms in total. The maximum absolute atomic E-state index is 12.8. The molecule has 1 atom stereocenters. The van der Waals surface area contributed by atoms with Gasteiger partial charge in [-0.25, -0.2) is 0 Å². The number of amides is 1. The summed E-state index contributed by atoms with van der Waals surface area (Å²) in [6.45, 7) is 7.42. The number of nitrogens with one attached hydrogen (secondary N) is 1. The Hall–Kier alpha value is -2.33. The summed E-state index contributed by atoms with van der Waals surface area (Å²) in [5.41, 5.74) is 3.21. The Bertz CT molecular complexity index is 736. The maximum Gasteiger partial charge on any atom is 0.255 e. The van der Waals surface area contributed by atoms with Gasteiger partial charge in [-0.3, -0.25) is 9.69 Å². The van der Waals surface area contributed by atoms with Crippen molar-refractivity contribution in [2.75, 3.05) is 26.2 Å². The molecule has 0 spiro atoms. The first kappa shape index (κ1) is 19.4. The fourth-order valence-corrected chi connectivity index (χ4v) is 3.71. The van der Waals surface area contributed by atoms with E-state index in [1.165, 1.54) is 24.0 Å². The molecular formula is C23H30N2O2. The Morgan fingerprint density at radius 3 is 2.44 bits per heavy atom. The number of benzene rings is 2. The quantitative estimate of drug-likeness (QED) is 0.761. The minimum absolute atomic E-state index is 0.0755. The summed E-state index contributed by atoms with van der Waals surface area (Å²) in [4.78, 5) is 15.3. The molecule has 4 heteroatoms. The monoisotopic (exact) mass is 366 g/mol. The standard InChI is InChI=1S/C23H30N2O2/c1-3-18-11-13-19(14-12-18)21(25-15-7-8-16-25)17-24-23(26)20-9-5-6-10-22(20)27-4-2/h5-6,9-14,21H,3-4,7-8,15-17H2,1-2H3,(H,24,26)/t21-/m1/s1. The van der Waals surface area contributed by atoms with Crippen molar-refractivity contribution in [2.45, 2.75) is 39.2 Å². The number of nitrogens with zero attached hydrogens (tertiary/aromatic N) is 1. The first-order valence-corrected chi connectivity index (χ1v) is 10.1. The second kappa shape index (κ2) is 9.56. The van der Waals surface area contributed by atoms with Crippen LogP contribution in [0.4, 0.5) is 0 Å². The van der Waals surface area contributed by atoms with Crippen molar-refractivity contribution in [3.8, 4) is 5.75 Å². The van der Waals surface area contributed by atoms with E-state index < -0.39 is 0 Å². The number of likely N-dealkylation sites (tertiary alicyclic amines) is 1. The lowest BCUT2D eigenvalue weighted by Crippen LogP contribution is -2.37. The summed E-state index contributed by atoms with van der Waals surface area (Å²) in [5, 5.41) is 3.14. The van der Waals surface area contributed by atoms with E-state index in [2.05, 4.69) is 41.4 Å². The molecule has 1 aliphatic rings. The predicted octanol–water partition coefficient (Wildman–Crippen LogP) is 4.21. The van der Waals surface area contributed by atoms with Gasteiger partial charge in [0.1, 0.15) is 5.75 Å². The van der Waals surface area contributed by atoms with Gasteiger partial charge < -0.3 is 10.1 Å². The molecule has 1 saturated heterocycles. The third kappa shape index (κ3) is 4.89. The van der Waals surface area contributed by atoms with Gasteiger partial charge in [0, 0.05) is 6.54 Å². The molecular weight excluding hydrogens is 336 g/mol. The first-order valence-electron chi connectivity index (χ1n) is 10.1. The fraction of sp³-hybridized carbons (Fsp3) is 0.435. The van der Waals surface area contributed by atoms with E-state index >= 15 is 0 Å². The number of hydrogen-bond acceptors (Lipinski definition) is 3. The smallest absolute Gasteiger partial charge is 0.255 e. The second-order valence-electron chi connectivity index (χ2n) is 6.99. The van der Waals surface area contributed by atoms with E-state index in [0.717, 1.165) is 19.5 Å². The zero-order chi connectivity index (χ0) is 19.1. The Morgan fingerprint density at radius 2 is 1.78 bits per heavy atom. The van der Waals surface area contributed by atoms with Crippen LogP contribution in [0, 0.1) is 0 Å². The molecule has 2 aromatic rings. The first-order chi connectivity index (χ1) is 13.2. The fourth-order valence-electron chi connectivity index (χ4n) is 3.71. The van der Waals surface area contributed by atoms with Gasteiger partial charge in [-0.15, -0.1) is 0 Å². The molecule has 1 aliphatic heterocycles. The van der Waals surface area contributed by atoms with Crippen LogP contribution in [-0.2, 0) is 6.42 Å². The molecule has 0 aliphatic carbocycles. The highest BCUT2D eigenvalue weighted by Crippen LogP contribution is 2.25. The SMILES string of the molecule is CCOc1ccccc1C(=O)NC[C@H](c1ccc(CC)cc1)N1CCCC1. The average molecular weight is 367 g/mol. The number of ether oxygens (including phenoxy) is 1. The van der Waals surface area contributed by atoms with Crippen LogP contribution in [-0.4, -0.2) is 37.0 Å². The van der Waals surface area contributed by atoms with Gasteiger partial charge in [-0.1, -0.05) is 43.3 Å². The maximum atomic E-state index is 12.8. The van der Waals surface area contributed by atoms with Crippen LogP contribution in [0.3, 0.4) is 0 Å². The van der Waals surface area contributed by atoms with Gasteiger partial charge in [0.15, 0.2) is 0 Å². The van der Waals surface area contributed by atoms with Crippen molar-refractivity contribution in [3.05, 3.63) is 65.2 Å². The minimum Gasteiger partial charge on any atom is -0.493 e. The van der Waals surface area contributed by atoms with E-state index in [1.54, 1.807) is 0 Å². The number of aryl methyl sites for hydroxylation is 1. The van der Waals surface area contributed by atoms with Crippen molar-refractivity contribution in [1.29, 1.82) is 0 Å². The summed E-state index contributed by atoms with van der Waals surface area (Å²) in [7, 11) is 0. The highest BCUT2D eigenvalue weighted by Gasteiger charge is 2.24. The molecule has 0 aromatic heterocycles. The Labute approximate surface area is 162 Å². The number of para-hydroxylation sites is 1. The predicted molar refractivity (Wildman–Crippen MR) is 109 cm³/mol. The van der Waals surface area contributed by atoms with Crippen molar-refractivity contribution in [1.82, 2.24) is 10.2 Å². The van der Waals surface area contributed by atoms with Gasteiger partial charge in [-0.2, -0.15) is 0 Å². The Kier molecular flexibility index (Phi) is 6.88. The summed E-state index contributed by atoms with van der Waals surface area (Å²) in [6.07, 6.45) is 3.49. The topological polar surface area (TPSA) is 41.6 Å². The minimum atomic E-state index is -0.0755. The van der Waals surface area contributed by atoms with Gasteiger partial charge in [-0.05, 0) is 62.5 Å². The van der Waals surface area contributed by atoms with E-state index in [0.29, 0.717) is 24.5 Å². The van der Waals surface area contributed by atoms with E-state index in [1.807, 2.05) is 31.2 Å². The summed E-state index contributed by atoms with van der Waals surface area (Å²) >= 11 is 0. The van der Waals surface area contributed by atoms with Crippen molar-refractivity contribution < 1.29 is 9.53 Å². The third-order valence-corrected chi connectivity index (χ3v) is 5.24. The van der Waals surface area contributed by atoms with Crippen molar-refractivity contribution in [3.63, 3.8) is 0 Å². The van der Waals surface area contributed by atoms with Gasteiger partial charge >= 0.3 is 0 Å². The second-order valence-corrected chi connectivity index (χ2v) is 6.99. The molecule has 0 radical (unpaired) electrons. The molecule has 0 bridgehead atoms. The summed E-state index contributed by atoms with van der Waals surface area (Å²) < 4.78 is 5.60. The van der Waals surface area contributed by atoms with E-state index in [9.17, 15) is 4.79 Å². The van der Waals surface area contributed by atoms with Gasteiger partial charge in [0.25, 0.3) is 5.91 Å². The molecule has 1 amide bonds. The van der Waals surface area contributed by atoms with Crippen LogP contribution in [0.25, 0.3) is 0 Å². The molecule has 2 aromatic carbocycles. The average Bonchev–Trinajstić information content (AvgIpc) is 3.23. The number of rotatable bonds is 8. The molecule has 1 heterocycles. The molecule has 1 N–H and O–H groups in total.